The van der Waals surface area contributed by atoms with Gasteiger partial charge < -0.3 is 10.6 Å². The Kier molecular flexibility index (Phi) is 3.34. The van der Waals surface area contributed by atoms with E-state index in [9.17, 15) is 8.42 Å². The van der Waals surface area contributed by atoms with Crippen LogP contribution in [-0.2, 0) is 10.0 Å². The van der Waals surface area contributed by atoms with Crippen LogP contribution in [0.15, 0.2) is 21.7 Å². The summed E-state index contributed by atoms with van der Waals surface area (Å²) in [7, 11) is -0.648. The van der Waals surface area contributed by atoms with Crippen LogP contribution in [0.5, 0.6) is 0 Å². The molecule has 0 radical (unpaired) electrons. The van der Waals surface area contributed by atoms with E-state index in [1.54, 1.807) is 12.1 Å². The molecule has 1 aromatic heterocycles. The zero-order chi connectivity index (χ0) is 15.2. The minimum atomic E-state index is -3.60. The summed E-state index contributed by atoms with van der Waals surface area (Å²) in [6, 6.07) is 3.40. The minimum Gasteiger partial charge on any atom is -0.368 e. The molecule has 1 aromatic carbocycles. The first kappa shape index (κ1) is 14.2. The molecule has 21 heavy (non-hydrogen) atoms. The number of rotatable bonds is 3. The Morgan fingerprint density at radius 1 is 1.33 bits per heavy atom. The lowest BCUT2D eigenvalue weighted by atomic mass is 10.2. The number of benzene rings is 1. The lowest BCUT2D eigenvalue weighted by Gasteiger charge is -2.19. The number of nitrogens with zero attached hydrogens (tertiary/aromatic N) is 4. The number of sulfonamides is 1. The third-order valence-corrected chi connectivity index (χ3v) is 5.53. The number of nitrogens with two attached hydrogens (primary N) is 1. The maximum atomic E-state index is 12.3. The molecule has 0 saturated carbocycles. The molecule has 2 heterocycles. The first-order valence-corrected chi connectivity index (χ1v) is 8.03. The summed E-state index contributed by atoms with van der Waals surface area (Å²) in [6.07, 6.45) is 0.893. The first-order chi connectivity index (χ1) is 9.91. The van der Waals surface area contributed by atoms with Gasteiger partial charge in [0.1, 0.15) is 4.90 Å². The molecule has 1 saturated heterocycles. The summed E-state index contributed by atoms with van der Waals surface area (Å²) < 4.78 is 30.5. The zero-order valence-corrected chi connectivity index (χ0v) is 12.7. The Hall–Kier alpha value is -1.71. The van der Waals surface area contributed by atoms with E-state index in [1.807, 2.05) is 0 Å². The van der Waals surface area contributed by atoms with Crippen molar-refractivity contribution in [3.05, 3.63) is 12.1 Å². The summed E-state index contributed by atoms with van der Waals surface area (Å²) >= 11 is 0. The highest BCUT2D eigenvalue weighted by Crippen LogP contribution is 2.31. The van der Waals surface area contributed by atoms with Gasteiger partial charge in [0, 0.05) is 33.2 Å². The molecule has 1 aliphatic rings. The van der Waals surface area contributed by atoms with Crippen molar-refractivity contribution in [2.45, 2.75) is 17.4 Å². The maximum Gasteiger partial charge on any atom is 0.244 e. The highest BCUT2D eigenvalue weighted by atomic mass is 32.2. The molecule has 0 bridgehead atoms. The number of fused-ring (bicyclic) bond motifs is 1. The Bertz CT molecular complexity index is 770. The van der Waals surface area contributed by atoms with Crippen LogP contribution in [0.4, 0.5) is 5.69 Å². The third kappa shape index (κ3) is 2.27. The summed E-state index contributed by atoms with van der Waals surface area (Å²) in [5, 5.41) is 7.64. The second kappa shape index (κ2) is 4.93. The molecule has 8 nitrogen and oxygen atoms in total. The van der Waals surface area contributed by atoms with E-state index >= 15 is 0 Å². The number of aromatic nitrogens is 2. The van der Waals surface area contributed by atoms with E-state index < -0.39 is 10.0 Å². The van der Waals surface area contributed by atoms with Gasteiger partial charge >= 0.3 is 0 Å². The highest BCUT2D eigenvalue weighted by molar-refractivity contribution is 7.89. The van der Waals surface area contributed by atoms with Gasteiger partial charge in [0.05, 0.1) is 5.69 Å². The summed E-state index contributed by atoms with van der Waals surface area (Å²) in [5.41, 5.74) is 7.42. The van der Waals surface area contributed by atoms with Crippen molar-refractivity contribution >= 4 is 26.7 Å². The van der Waals surface area contributed by atoms with E-state index in [0.717, 1.165) is 23.0 Å². The van der Waals surface area contributed by atoms with Crippen molar-refractivity contribution in [2.75, 3.05) is 32.1 Å². The number of hydrogen-bond donors (Lipinski definition) is 1. The van der Waals surface area contributed by atoms with Crippen LogP contribution in [0, 0.1) is 0 Å². The summed E-state index contributed by atoms with van der Waals surface area (Å²) in [5.74, 6) is 0. The molecule has 0 amide bonds. The molecule has 0 unspecified atom stereocenters. The molecule has 1 fully saturated rings. The SMILES string of the molecule is CN(C)S(=O)(=O)c1ccc(N2CC[C@@H](N)C2)c2nonc12. The normalized spacial score (nSPS) is 19.8. The van der Waals surface area contributed by atoms with Crippen LogP contribution in [0.25, 0.3) is 11.0 Å². The van der Waals surface area contributed by atoms with Gasteiger partial charge in [-0.05, 0) is 28.9 Å². The fourth-order valence-corrected chi connectivity index (χ4v) is 3.51. The average molecular weight is 311 g/mol. The van der Waals surface area contributed by atoms with E-state index in [4.69, 9.17) is 10.4 Å². The Morgan fingerprint density at radius 2 is 2.05 bits per heavy atom. The summed E-state index contributed by atoms with van der Waals surface area (Å²) in [4.78, 5) is 2.17. The van der Waals surface area contributed by atoms with Crippen LogP contribution in [0.3, 0.4) is 0 Å². The quantitative estimate of drug-likeness (QED) is 0.851. The molecule has 0 spiro atoms. The Morgan fingerprint density at radius 3 is 2.67 bits per heavy atom. The molecule has 9 heteroatoms. The Labute approximate surface area is 122 Å². The van der Waals surface area contributed by atoms with Crippen molar-refractivity contribution in [3.63, 3.8) is 0 Å². The fourth-order valence-electron chi connectivity index (χ4n) is 2.50. The van der Waals surface area contributed by atoms with Gasteiger partial charge in [-0.2, -0.15) is 0 Å². The van der Waals surface area contributed by atoms with Crippen LogP contribution >= 0.6 is 0 Å². The van der Waals surface area contributed by atoms with Gasteiger partial charge in [0.15, 0.2) is 11.0 Å². The lowest BCUT2D eigenvalue weighted by molar-refractivity contribution is 0.315. The Balaban J connectivity index is 2.14. The first-order valence-electron chi connectivity index (χ1n) is 6.59. The standard InChI is InChI=1S/C12H17N5O3S/c1-16(2)21(18,19)10-4-3-9(11-12(10)15-20-14-11)17-6-5-8(13)7-17/h3-4,8H,5-7,13H2,1-2H3/t8-/m1/s1. The van der Waals surface area contributed by atoms with Crippen molar-refractivity contribution in [1.82, 2.24) is 14.6 Å². The van der Waals surface area contributed by atoms with Crippen LogP contribution in [0.2, 0.25) is 0 Å². The molecule has 2 aromatic rings. The van der Waals surface area contributed by atoms with Gasteiger partial charge in [0.2, 0.25) is 10.0 Å². The monoisotopic (exact) mass is 311 g/mol. The van der Waals surface area contributed by atoms with Gasteiger partial charge in [-0.3, -0.25) is 0 Å². The minimum absolute atomic E-state index is 0.0935. The van der Waals surface area contributed by atoms with E-state index in [1.165, 1.54) is 14.1 Å². The maximum absolute atomic E-state index is 12.3. The zero-order valence-electron chi connectivity index (χ0n) is 11.9. The topological polar surface area (TPSA) is 106 Å². The molecule has 3 rings (SSSR count). The largest absolute Gasteiger partial charge is 0.368 e. The molecule has 1 aliphatic heterocycles. The van der Waals surface area contributed by atoms with Crippen molar-refractivity contribution in [1.29, 1.82) is 0 Å². The molecule has 1 atom stereocenters. The van der Waals surface area contributed by atoms with E-state index in [-0.39, 0.29) is 16.5 Å². The van der Waals surface area contributed by atoms with Gasteiger partial charge in [-0.1, -0.05) is 0 Å². The predicted octanol–water partition coefficient (Wildman–Crippen LogP) is 0.0105. The smallest absolute Gasteiger partial charge is 0.244 e. The summed E-state index contributed by atoms with van der Waals surface area (Å²) in [6.45, 7) is 1.52. The van der Waals surface area contributed by atoms with Crippen molar-refractivity contribution in [3.8, 4) is 0 Å². The predicted molar refractivity (Wildman–Crippen MR) is 77.5 cm³/mol. The van der Waals surface area contributed by atoms with Gasteiger partial charge in [-0.25, -0.2) is 17.4 Å². The lowest BCUT2D eigenvalue weighted by Crippen LogP contribution is -2.27. The van der Waals surface area contributed by atoms with Crippen molar-refractivity contribution < 1.29 is 13.0 Å². The second-order valence-corrected chi connectivity index (χ2v) is 7.45. The number of hydrogen-bond acceptors (Lipinski definition) is 7. The molecule has 0 aliphatic carbocycles. The average Bonchev–Trinajstić information content (AvgIpc) is 3.05. The van der Waals surface area contributed by atoms with E-state index in [0.29, 0.717) is 12.1 Å². The van der Waals surface area contributed by atoms with Crippen LogP contribution in [0.1, 0.15) is 6.42 Å². The second-order valence-electron chi connectivity index (χ2n) is 5.33. The van der Waals surface area contributed by atoms with Crippen LogP contribution in [-0.4, -0.2) is 56.3 Å². The molecule has 2 N–H and O–H groups in total. The highest BCUT2D eigenvalue weighted by Gasteiger charge is 2.27. The third-order valence-electron chi connectivity index (χ3n) is 3.68. The molecular formula is C12H17N5O3S. The number of anilines is 1. The van der Waals surface area contributed by atoms with Gasteiger partial charge in [-0.15, -0.1) is 0 Å². The van der Waals surface area contributed by atoms with Crippen molar-refractivity contribution in [2.24, 2.45) is 5.73 Å². The van der Waals surface area contributed by atoms with Crippen LogP contribution < -0.4 is 10.6 Å². The molecular weight excluding hydrogens is 294 g/mol. The fraction of sp³-hybridized carbons (Fsp3) is 0.500. The van der Waals surface area contributed by atoms with Gasteiger partial charge in [0.25, 0.3) is 0 Å². The van der Waals surface area contributed by atoms with E-state index in [2.05, 4.69) is 15.2 Å². The molecule has 114 valence electrons.